The van der Waals surface area contributed by atoms with Gasteiger partial charge in [0.25, 0.3) is 0 Å². The Labute approximate surface area is 190 Å². The molecule has 176 valence electrons. The van der Waals surface area contributed by atoms with Gasteiger partial charge in [-0.25, -0.2) is 9.78 Å². The standard InChI is InChI=1S/C21H31N7O2.C2H6/c1-21(2,3)30-20(29)18(27-22)11-24-10-16-13-28-12-15(14-5-6-14)9-17(19(28)26-16)25-8-7-23-4;1-2/h9,11-14,23,25H,5-8,10,22H2,1-4H3;1-2H3/b24-11?,27-18+;. The first-order valence-electron chi connectivity index (χ1n) is 11.2. The molecule has 32 heavy (non-hydrogen) atoms. The van der Waals surface area contributed by atoms with Crippen molar-refractivity contribution in [1.29, 1.82) is 0 Å². The lowest BCUT2D eigenvalue weighted by atomic mass is 10.2. The van der Waals surface area contributed by atoms with Gasteiger partial charge in [0, 0.05) is 25.5 Å². The van der Waals surface area contributed by atoms with Crippen LogP contribution >= 0.6 is 0 Å². The molecular weight excluding hydrogens is 406 g/mol. The number of aliphatic imine (C=N–C) groups is 1. The van der Waals surface area contributed by atoms with Crippen LogP contribution < -0.4 is 16.5 Å². The zero-order valence-electron chi connectivity index (χ0n) is 20.1. The van der Waals surface area contributed by atoms with Crippen molar-refractivity contribution in [2.24, 2.45) is 15.9 Å². The summed E-state index contributed by atoms with van der Waals surface area (Å²) in [4.78, 5) is 21.1. The zero-order chi connectivity index (χ0) is 23.7. The molecule has 9 nitrogen and oxygen atoms in total. The van der Waals surface area contributed by atoms with E-state index in [2.05, 4.69) is 33.0 Å². The van der Waals surface area contributed by atoms with Gasteiger partial charge in [-0.3, -0.25) is 4.99 Å². The minimum absolute atomic E-state index is 0.0286. The van der Waals surface area contributed by atoms with Crippen LogP contribution in [0.1, 0.15) is 64.6 Å². The molecule has 2 heterocycles. The fourth-order valence-corrected chi connectivity index (χ4v) is 3.03. The Balaban J connectivity index is 0.00000176. The number of hydrogen-bond acceptors (Lipinski definition) is 8. The molecule has 1 fully saturated rings. The number of ether oxygens (including phenoxy) is 1. The topological polar surface area (TPSA) is 118 Å². The average Bonchev–Trinajstić information content (AvgIpc) is 3.51. The predicted molar refractivity (Wildman–Crippen MR) is 131 cm³/mol. The van der Waals surface area contributed by atoms with Gasteiger partial charge in [0.1, 0.15) is 5.60 Å². The van der Waals surface area contributed by atoms with E-state index in [0.29, 0.717) is 12.5 Å². The number of carbonyl (C=O) groups excluding carboxylic acids is 1. The summed E-state index contributed by atoms with van der Waals surface area (Å²) >= 11 is 0. The van der Waals surface area contributed by atoms with E-state index in [9.17, 15) is 4.79 Å². The maximum Gasteiger partial charge on any atom is 0.360 e. The van der Waals surface area contributed by atoms with Crippen LogP contribution in [-0.4, -0.2) is 53.0 Å². The van der Waals surface area contributed by atoms with Crippen LogP contribution in [0.15, 0.2) is 28.6 Å². The Morgan fingerprint density at radius 2 is 2.03 bits per heavy atom. The number of fused-ring (bicyclic) bond motifs is 1. The molecule has 0 aromatic carbocycles. The Bertz CT molecular complexity index is 953. The third-order valence-corrected chi connectivity index (χ3v) is 4.58. The SMILES string of the molecule is CC.CNCCNc1cc(C2CC2)cn2cc(CN=C/C(=N\N)C(=O)OC(C)(C)C)nc12. The molecule has 0 amide bonds. The Kier molecular flexibility index (Phi) is 9.19. The fourth-order valence-electron chi connectivity index (χ4n) is 3.03. The van der Waals surface area contributed by atoms with E-state index in [0.717, 1.165) is 30.1 Å². The van der Waals surface area contributed by atoms with Crippen molar-refractivity contribution in [1.82, 2.24) is 14.7 Å². The minimum Gasteiger partial charge on any atom is -0.455 e. The van der Waals surface area contributed by atoms with Crippen molar-refractivity contribution < 1.29 is 9.53 Å². The first kappa shape index (κ1) is 25.3. The molecular formula is C23H37N7O2. The van der Waals surface area contributed by atoms with E-state index in [-0.39, 0.29) is 5.71 Å². The van der Waals surface area contributed by atoms with Gasteiger partial charge in [0.15, 0.2) is 11.4 Å². The normalized spacial score (nSPS) is 14.4. The quantitative estimate of drug-likeness (QED) is 0.180. The number of likely N-dealkylation sites (N-methyl/N-ethyl adjacent to an activating group) is 1. The highest BCUT2D eigenvalue weighted by Gasteiger charge is 2.25. The van der Waals surface area contributed by atoms with Crippen LogP contribution in [0.2, 0.25) is 0 Å². The third-order valence-electron chi connectivity index (χ3n) is 4.58. The maximum atomic E-state index is 12.1. The number of imidazole rings is 1. The Hall–Kier alpha value is -2.94. The summed E-state index contributed by atoms with van der Waals surface area (Å²) in [5.74, 6) is 5.36. The van der Waals surface area contributed by atoms with Crippen molar-refractivity contribution in [3.8, 4) is 0 Å². The second kappa shape index (κ2) is 11.6. The van der Waals surface area contributed by atoms with Crippen molar-refractivity contribution in [2.75, 3.05) is 25.5 Å². The summed E-state index contributed by atoms with van der Waals surface area (Å²) in [5, 5.41) is 10.1. The lowest BCUT2D eigenvalue weighted by Gasteiger charge is -2.18. The van der Waals surface area contributed by atoms with Gasteiger partial charge in [0.2, 0.25) is 0 Å². The van der Waals surface area contributed by atoms with E-state index in [4.69, 9.17) is 15.6 Å². The van der Waals surface area contributed by atoms with Crippen molar-refractivity contribution in [2.45, 2.75) is 65.5 Å². The van der Waals surface area contributed by atoms with E-state index >= 15 is 0 Å². The van der Waals surface area contributed by atoms with Crippen LogP contribution in [0, 0.1) is 0 Å². The molecule has 9 heteroatoms. The molecule has 0 unspecified atom stereocenters. The number of hydrogen-bond donors (Lipinski definition) is 3. The summed E-state index contributed by atoms with van der Waals surface area (Å²) in [6.45, 7) is 11.3. The highest BCUT2D eigenvalue weighted by atomic mass is 16.6. The molecule has 0 radical (unpaired) electrons. The summed E-state index contributed by atoms with van der Waals surface area (Å²) in [6, 6.07) is 2.20. The average molecular weight is 444 g/mol. The van der Waals surface area contributed by atoms with Crippen LogP contribution in [0.25, 0.3) is 5.65 Å². The molecule has 1 saturated carbocycles. The van der Waals surface area contributed by atoms with Gasteiger partial charge in [0.05, 0.1) is 24.1 Å². The van der Waals surface area contributed by atoms with Crippen molar-refractivity contribution in [3.05, 3.63) is 29.7 Å². The van der Waals surface area contributed by atoms with E-state index in [1.54, 1.807) is 20.8 Å². The third kappa shape index (κ3) is 7.33. The first-order valence-corrected chi connectivity index (χ1v) is 11.2. The lowest BCUT2D eigenvalue weighted by Crippen LogP contribution is -2.30. The monoisotopic (exact) mass is 443 g/mol. The van der Waals surface area contributed by atoms with Crippen LogP contribution in [-0.2, 0) is 16.1 Å². The molecule has 4 N–H and O–H groups in total. The number of carbonyl (C=O) groups is 1. The molecule has 1 aliphatic carbocycles. The van der Waals surface area contributed by atoms with Crippen LogP contribution in [0.5, 0.6) is 0 Å². The summed E-state index contributed by atoms with van der Waals surface area (Å²) < 4.78 is 7.32. The van der Waals surface area contributed by atoms with Crippen LogP contribution in [0.4, 0.5) is 5.69 Å². The number of hydrazone groups is 1. The fraction of sp³-hybridized carbons (Fsp3) is 0.565. The highest BCUT2D eigenvalue weighted by Crippen LogP contribution is 2.41. The number of anilines is 1. The summed E-state index contributed by atoms with van der Waals surface area (Å²) in [5.41, 5.74) is 3.33. The molecule has 3 rings (SSSR count). The van der Waals surface area contributed by atoms with Crippen LogP contribution in [0.3, 0.4) is 0 Å². The number of aromatic nitrogens is 2. The molecule has 1 aliphatic rings. The summed E-state index contributed by atoms with van der Waals surface area (Å²) in [7, 11) is 1.93. The van der Waals surface area contributed by atoms with Gasteiger partial charge < -0.3 is 25.6 Å². The van der Waals surface area contributed by atoms with Gasteiger partial charge in [-0.2, -0.15) is 5.10 Å². The van der Waals surface area contributed by atoms with Crippen molar-refractivity contribution in [3.63, 3.8) is 0 Å². The van der Waals surface area contributed by atoms with Gasteiger partial charge >= 0.3 is 5.97 Å². The number of nitrogens with zero attached hydrogens (tertiary/aromatic N) is 4. The molecule has 0 spiro atoms. The largest absolute Gasteiger partial charge is 0.455 e. The molecule has 2 aromatic rings. The van der Waals surface area contributed by atoms with Gasteiger partial charge in [-0.1, -0.05) is 13.8 Å². The van der Waals surface area contributed by atoms with E-state index in [1.165, 1.54) is 24.6 Å². The maximum absolute atomic E-state index is 12.1. The molecule has 0 atom stereocenters. The zero-order valence-corrected chi connectivity index (χ0v) is 20.1. The number of rotatable bonds is 9. The minimum atomic E-state index is -0.627. The smallest absolute Gasteiger partial charge is 0.360 e. The molecule has 0 saturated heterocycles. The number of nitrogens with one attached hydrogen (secondary N) is 2. The van der Waals surface area contributed by atoms with E-state index in [1.807, 2.05) is 31.5 Å². The van der Waals surface area contributed by atoms with E-state index < -0.39 is 11.6 Å². The Morgan fingerprint density at radius 1 is 1.31 bits per heavy atom. The molecule has 0 aliphatic heterocycles. The highest BCUT2D eigenvalue weighted by molar-refractivity contribution is 6.59. The first-order chi connectivity index (χ1) is 15.3. The number of esters is 1. The molecule has 0 bridgehead atoms. The van der Waals surface area contributed by atoms with Gasteiger partial charge in [-0.15, -0.1) is 0 Å². The summed E-state index contributed by atoms with van der Waals surface area (Å²) in [6.07, 6.45) is 7.91. The number of nitrogens with two attached hydrogens (primary N) is 1. The number of pyridine rings is 1. The second-order valence-corrected chi connectivity index (χ2v) is 8.44. The predicted octanol–water partition coefficient (Wildman–Crippen LogP) is 3.10. The van der Waals surface area contributed by atoms with Gasteiger partial charge in [-0.05, 0) is 58.2 Å². The van der Waals surface area contributed by atoms with Crippen molar-refractivity contribution >= 4 is 29.2 Å². The lowest BCUT2D eigenvalue weighted by molar-refractivity contribution is -0.145. The second-order valence-electron chi connectivity index (χ2n) is 8.44. The molecule has 2 aromatic heterocycles. The Morgan fingerprint density at radius 3 is 2.62 bits per heavy atom.